The molecule has 0 spiro atoms. The molecule has 124 valence electrons. The predicted molar refractivity (Wildman–Crippen MR) is 104 cm³/mol. The van der Waals surface area contributed by atoms with E-state index in [2.05, 4.69) is 20.6 Å². The van der Waals surface area contributed by atoms with Gasteiger partial charge in [0, 0.05) is 24.8 Å². The number of benzene rings is 1. The van der Waals surface area contributed by atoms with Crippen molar-refractivity contribution in [1.29, 1.82) is 0 Å². The lowest BCUT2D eigenvalue weighted by atomic mass is 10.2. The molecular weight excluding hydrogens is 403 g/mol. The van der Waals surface area contributed by atoms with Crippen LogP contribution >= 0.6 is 24.0 Å². The Hall–Kier alpha value is -1.83. The van der Waals surface area contributed by atoms with Crippen molar-refractivity contribution < 1.29 is 4.74 Å². The van der Waals surface area contributed by atoms with Gasteiger partial charge >= 0.3 is 0 Å². The molecule has 0 aliphatic rings. The normalized spacial score (nSPS) is 10.7. The second-order valence-electron chi connectivity index (χ2n) is 4.86. The van der Waals surface area contributed by atoms with Gasteiger partial charge in [0.25, 0.3) is 0 Å². The molecule has 0 saturated carbocycles. The number of hydrogen-bond donors (Lipinski definition) is 2. The molecular formula is C17H23IN4O. The molecule has 0 bridgehead atoms. The number of hydrogen-bond acceptors (Lipinski definition) is 3. The van der Waals surface area contributed by atoms with E-state index in [0.29, 0.717) is 13.1 Å². The summed E-state index contributed by atoms with van der Waals surface area (Å²) in [5, 5.41) is 6.53. The first-order valence-electron chi connectivity index (χ1n) is 7.22. The molecule has 0 aliphatic heterocycles. The van der Waals surface area contributed by atoms with Crippen LogP contribution in [0.4, 0.5) is 0 Å². The Morgan fingerprint density at radius 3 is 2.52 bits per heavy atom. The Labute approximate surface area is 154 Å². The smallest absolute Gasteiger partial charge is 0.191 e. The van der Waals surface area contributed by atoms with Crippen LogP contribution in [0.3, 0.4) is 0 Å². The van der Waals surface area contributed by atoms with Gasteiger partial charge in [-0.25, -0.2) is 0 Å². The molecule has 0 atom stereocenters. The maximum Gasteiger partial charge on any atom is 0.191 e. The van der Waals surface area contributed by atoms with Crippen LogP contribution in [0.5, 0.6) is 5.75 Å². The van der Waals surface area contributed by atoms with Gasteiger partial charge in [0.2, 0.25) is 0 Å². The molecule has 1 aromatic heterocycles. The maximum atomic E-state index is 5.34. The van der Waals surface area contributed by atoms with Crippen molar-refractivity contribution in [3.63, 3.8) is 0 Å². The molecule has 2 aromatic rings. The number of para-hydroxylation sites is 1. The van der Waals surface area contributed by atoms with Crippen molar-refractivity contribution in [1.82, 2.24) is 15.6 Å². The van der Waals surface area contributed by atoms with E-state index in [1.54, 1.807) is 14.2 Å². The van der Waals surface area contributed by atoms with Gasteiger partial charge < -0.3 is 15.4 Å². The molecule has 0 fully saturated rings. The average Bonchev–Trinajstić information content (AvgIpc) is 2.55. The minimum absolute atomic E-state index is 0. The fourth-order valence-electron chi connectivity index (χ4n) is 2.12. The molecule has 1 heterocycles. The summed E-state index contributed by atoms with van der Waals surface area (Å²) < 4.78 is 5.34. The highest BCUT2D eigenvalue weighted by molar-refractivity contribution is 14.0. The van der Waals surface area contributed by atoms with Crippen LogP contribution in [0, 0.1) is 6.92 Å². The third kappa shape index (κ3) is 6.05. The third-order valence-corrected chi connectivity index (χ3v) is 3.25. The molecule has 6 heteroatoms. The Balaban J connectivity index is 0.00000264. The lowest BCUT2D eigenvalue weighted by molar-refractivity contribution is 0.409. The highest BCUT2D eigenvalue weighted by Gasteiger charge is 2.03. The van der Waals surface area contributed by atoms with E-state index in [0.717, 1.165) is 28.7 Å². The Bertz CT molecular complexity index is 646. The lowest BCUT2D eigenvalue weighted by Crippen LogP contribution is -2.36. The fraction of sp³-hybridized carbons (Fsp3) is 0.294. The van der Waals surface area contributed by atoms with E-state index in [1.807, 2.05) is 49.4 Å². The van der Waals surface area contributed by atoms with E-state index in [1.165, 1.54) is 0 Å². The average molecular weight is 426 g/mol. The summed E-state index contributed by atoms with van der Waals surface area (Å²) in [4.78, 5) is 8.68. The van der Waals surface area contributed by atoms with Crippen LogP contribution < -0.4 is 15.4 Å². The van der Waals surface area contributed by atoms with Crippen LogP contribution in [0.1, 0.15) is 17.0 Å². The Kier molecular flexibility index (Phi) is 8.39. The third-order valence-electron chi connectivity index (χ3n) is 3.25. The fourth-order valence-corrected chi connectivity index (χ4v) is 2.12. The van der Waals surface area contributed by atoms with E-state index in [9.17, 15) is 0 Å². The number of aromatic nitrogens is 1. The van der Waals surface area contributed by atoms with Crippen LogP contribution in [0.15, 0.2) is 47.5 Å². The minimum atomic E-state index is 0. The summed E-state index contributed by atoms with van der Waals surface area (Å²) in [6, 6.07) is 13.9. The molecule has 2 N–H and O–H groups in total. The summed E-state index contributed by atoms with van der Waals surface area (Å²) in [7, 11) is 3.43. The first-order valence-corrected chi connectivity index (χ1v) is 7.22. The second-order valence-corrected chi connectivity index (χ2v) is 4.86. The number of pyridine rings is 1. The molecule has 0 amide bonds. The molecule has 0 aliphatic carbocycles. The van der Waals surface area contributed by atoms with Crippen molar-refractivity contribution in [2.45, 2.75) is 20.0 Å². The van der Waals surface area contributed by atoms with Crippen molar-refractivity contribution >= 4 is 29.9 Å². The molecule has 1 aromatic carbocycles. The van der Waals surface area contributed by atoms with Crippen molar-refractivity contribution in [2.24, 2.45) is 4.99 Å². The summed E-state index contributed by atoms with van der Waals surface area (Å²) in [6.07, 6.45) is 0. The van der Waals surface area contributed by atoms with Crippen LogP contribution in [-0.2, 0) is 13.1 Å². The van der Waals surface area contributed by atoms with Gasteiger partial charge in [-0.3, -0.25) is 9.98 Å². The number of nitrogens with zero attached hydrogens (tertiary/aromatic N) is 2. The van der Waals surface area contributed by atoms with Crippen molar-refractivity contribution in [3.8, 4) is 5.75 Å². The largest absolute Gasteiger partial charge is 0.496 e. The molecule has 0 radical (unpaired) electrons. The molecule has 2 rings (SSSR count). The SMILES string of the molecule is CN=C(NCc1cccc(C)n1)NCc1ccccc1OC.I. The van der Waals surface area contributed by atoms with Crippen LogP contribution in [-0.4, -0.2) is 25.1 Å². The van der Waals surface area contributed by atoms with Gasteiger partial charge in [0.1, 0.15) is 5.75 Å². The van der Waals surface area contributed by atoms with Gasteiger partial charge in [-0.1, -0.05) is 24.3 Å². The van der Waals surface area contributed by atoms with E-state index in [-0.39, 0.29) is 24.0 Å². The molecule has 23 heavy (non-hydrogen) atoms. The van der Waals surface area contributed by atoms with Crippen molar-refractivity contribution in [3.05, 3.63) is 59.4 Å². The highest BCUT2D eigenvalue weighted by Crippen LogP contribution is 2.16. The number of nitrogens with one attached hydrogen (secondary N) is 2. The zero-order chi connectivity index (χ0) is 15.8. The number of guanidine groups is 1. The minimum Gasteiger partial charge on any atom is -0.496 e. The number of aryl methyl sites for hydroxylation is 1. The molecule has 5 nitrogen and oxygen atoms in total. The zero-order valence-corrected chi connectivity index (χ0v) is 16.0. The first kappa shape index (κ1) is 19.2. The van der Waals surface area contributed by atoms with Gasteiger partial charge in [0.15, 0.2) is 5.96 Å². The maximum absolute atomic E-state index is 5.34. The van der Waals surface area contributed by atoms with Gasteiger partial charge in [-0.15, -0.1) is 24.0 Å². The first-order chi connectivity index (χ1) is 10.7. The summed E-state index contributed by atoms with van der Waals surface area (Å²) in [6.45, 7) is 3.26. The number of rotatable bonds is 5. The standard InChI is InChI=1S/C17H22N4O.HI/c1-13-7-6-9-15(21-13)12-20-17(18-2)19-11-14-8-4-5-10-16(14)22-3;/h4-10H,11-12H2,1-3H3,(H2,18,19,20);1H. The molecule has 0 saturated heterocycles. The van der Waals surface area contributed by atoms with E-state index < -0.39 is 0 Å². The van der Waals surface area contributed by atoms with Crippen molar-refractivity contribution in [2.75, 3.05) is 14.2 Å². The number of halogens is 1. The summed E-state index contributed by atoms with van der Waals surface area (Å²) >= 11 is 0. The summed E-state index contributed by atoms with van der Waals surface area (Å²) in [5.41, 5.74) is 3.08. The number of methoxy groups -OCH3 is 1. The predicted octanol–water partition coefficient (Wildman–Crippen LogP) is 2.88. The van der Waals surface area contributed by atoms with Gasteiger partial charge in [-0.05, 0) is 25.1 Å². The van der Waals surface area contributed by atoms with E-state index >= 15 is 0 Å². The number of ether oxygens (including phenoxy) is 1. The van der Waals surface area contributed by atoms with Gasteiger partial charge in [-0.2, -0.15) is 0 Å². The Morgan fingerprint density at radius 1 is 1.09 bits per heavy atom. The summed E-state index contributed by atoms with van der Waals surface area (Å²) in [5.74, 6) is 1.60. The second kappa shape index (κ2) is 10.0. The number of aliphatic imine (C=N–C) groups is 1. The molecule has 0 unspecified atom stereocenters. The lowest BCUT2D eigenvalue weighted by Gasteiger charge is -2.13. The van der Waals surface area contributed by atoms with Crippen LogP contribution in [0.2, 0.25) is 0 Å². The van der Waals surface area contributed by atoms with Gasteiger partial charge in [0.05, 0.1) is 19.3 Å². The zero-order valence-electron chi connectivity index (χ0n) is 13.7. The monoisotopic (exact) mass is 426 g/mol. The van der Waals surface area contributed by atoms with Crippen LogP contribution in [0.25, 0.3) is 0 Å². The Morgan fingerprint density at radius 2 is 1.83 bits per heavy atom. The van der Waals surface area contributed by atoms with E-state index in [4.69, 9.17) is 4.74 Å². The quantitative estimate of drug-likeness (QED) is 0.439. The topological polar surface area (TPSA) is 58.5 Å². The highest BCUT2D eigenvalue weighted by atomic mass is 127.